The number of aromatic amines is 1. The van der Waals surface area contributed by atoms with Crippen LogP contribution in [0.5, 0.6) is 5.75 Å². The molecule has 1 heterocycles. The van der Waals surface area contributed by atoms with Gasteiger partial charge < -0.3 is 20.4 Å². The lowest BCUT2D eigenvalue weighted by Crippen LogP contribution is -2.23. The van der Waals surface area contributed by atoms with E-state index in [9.17, 15) is 14.0 Å². The van der Waals surface area contributed by atoms with E-state index in [1.54, 1.807) is 32.0 Å². The highest BCUT2D eigenvalue weighted by atomic mass is 19.1. The van der Waals surface area contributed by atoms with E-state index in [0.717, 1.165) is 0 Å². The average Bonchev–Trinajstić information content (AvgIpc) is 2.98. The van der Waals surface area contributed by atoms with Crippen LogP contribution in [0.15, 0.2) is 30.3 Å². The third-order valence-electron chi connectivity index (χ3n) is 3.46. The summed E-state index contributed by atoms with van der Waals surface area (Å²) >= 11 is 0. The molecule has 0 fully saturated rings. The fourth-order valence-electron chi connectivity index (χ4n) is 2.26. The van der Waals surface area contributed by atoms with Crippen LogP contribution in [0.4, 0.5) is 4.39 Å². The van der Waals surface area contributed by atoms with E-state index in [1.807, 2.05) is 0 Å². The lowest BCUT2D eigenvalue weighted by atomic mass is 10.1. The first-order chi connectivity index (χ1) is 11.5. The van der Waals surface area contributed by atoms with Gasteiger partial charge in [-0.05, 0) is 19.9 Å². The van der Waals surface area contributed by atoms with E-state index in [2.05, 4.69) is 15.6 Å². The van der Waals surface area contributed by atoms with E-state index in [0.29, 0.717) is 12.1 Å². The largest absolute Gasteiger partial charge is 0.483 e. The van der Waals surface area contributed by atoms with Gasteiger partial charge in [-0.25, -0.2) is 4.39 Å². The fourth-order valence-corrected chi connectivity index (χ4v) is 2.26. The monoisotopic (exact) mass is 333 g/mol. The molecule has 6 nitrogen and oxygen atoms in total. The highest BCUT2D eigenvalue weighted by molar-refractivity contribution is 5.99. The van der Waals surface area contributed by atoms with Gasteiger partial charge >= 0.3 is 0 Å². The molecule has 2 aromatic rings. The standard InChI is InChI=1S/C17H20FN3O3/c1-4-20-16(22)13-9-14(15(21-13)17(23)19-3)24-10(2)11-7-5-6-8-12(11)18/h5-10,21H,4H2,1-3H3,(H,19,23)(H,20,22)/t10-/m1/s1. The molecule has 0 aliphatic carbocycles. The summed E-state index contributed by atoms with van der Waals surface area (Å²) in [5.74, 6) is -0.991. The Morgan fingerprint density at radius 1 is 1.29 bits per heavy atom. The molecule has 0 unspecified atom stereocenters. The molecule has 0 saturated heterocycles. The number of halogens is 1. The molecule has 1 atom stereocenters. The number of H-pyrrole nitrogens is 1. The van der Waals surface area contributed by atoms with Crippen LogP contribution < -0.4 is 15.4 Å². The van der Waals surface area contributed by atoms with Gasteiger partial charge in [-0.15, -0.1) is 0 Å². The number of hydrogen-bond donors (Lipinski definition) is 3. The highest BCUT2D eigenvalue weighted by Crippen LogP contribution is 2.27. The first-order valence-corrected chi connectivity index (χ1v) is 7.62. The molecule has 0 saturated carbocycles. The second-order valence-corrected chi connectivity index (χ2v) is 5.14. The van der Waals surface area contributed by atoms with Crippen molar-refractivity contribution in [3.63, 3.8) is 0 Å². The minimum absolute atomic E-state index is 0.113. The molecule has 0 bridgehead atoms. The Labute approximate surface area is 139 Å². The number of carbonyl (C=O) groups is 2. The molecule has 2 amide bonds. The summed E-state index contributed by atoms with van der Waals surface area (Å²) in [4.78, 5) is 26.7. The van der Waals surface area contributed by atoms with Crippen molar-refractivity contribution < 1.29 is 18.7 Å². The van der Waals surface area contributed by atoms with Crippen molar-refractivity contribution in [3.05, 3.63) is 53.1 Å². The SMILES string of the molecule is CCNC(=O)c1cc(O[C@H](C)c2ccccc2F)c(C(=O)NC)[nH]1. The van der Waals surface area contributed by atoms with Gasteiger partial charge in [-0.1, -0.05) is 18.2 Å². The first-order valence-electron chi connectivity index (χ1n) is 7.62. The molecule has 0 aliphatic heterocycles. The maximum atomic E-state index is 13.9. The zero-order chi connectivity index (χ0) is 17.7. The summed E-state index contributed by atoms with van der Waals surface area (Å²) < 4.78 is 19.6. The van der Waals surface area contributed by atoms with E-state index < -0.39 is 17.8 Å². The van der Waals surface area contributed by atoms with Gasteiger partial charge in [0.2, 0.25) is 0 Å². The molecular formula is C17H20FN3O3. The molecule has 1 aromatic heterocycles. The van der Waals surface area contributed by atoms with E-state index >= 15 is 0 Å². The summed E-state index contributed by atoms with van der Waals surface area (Å²) in [5, 5.41) is 5.11. The Hall–Kier alpha value is -2.83. The maximum Gasteiger partial charge on any atom is 0.271 e. The van der Waals surface area contributed by atoms with Crippen molar-refractivity contribution in [1.29, 1.82) is 0 Å². The van der Waals surface area contributed by atoms with Crippen molar-refractivity contribution >= 4 is 11.8 Å². The molecule has 0 aliphatic rings. The van der Waals surface area contributed by atoms with Gasteiger partial charge in [0.05, 0.1) is 0 Å². The van der Waals surface area contributed by atoms with Gasteiger partial charge in [-0.2, -0.15) is 0 Å². The van der Waals surface area contributed by atoms with Gasteiger partial charge in [-0.3, -0.25) is 9.59 Å². The summed E-state index contributed by atoms with van der Waals surface area (Å²) in [7, 11) is 1.47. The number of hydrogen-bond acceptors (Lipinski definition) is 3. The lowest BCUT2D eigenvalue weighted by molar-refractivity contribution is 0.0951. The number of rotatable bonds is 6. The summed E-state index contributed by atoms with van der Waals surface area (Å²) in [6, 6.07) is 7.68. The first kappa shape index (κ1) is 17.5. The smallest absolute Gasteiger partial charge is 0.271 e. The van der Waals surface area contributed by atoms with E-state index in [4.69, 9.17) is 4.74 Å². The summed E-state index contributed by atoms with van der Waals surface area (Å²) in [6.07, 6.45) is -0.632. The Balaban J connectivity index is 2.32. The normalized spacial score (nSPS) is 11.7. The molecule has 3 N–H and O–H groups in total. The second kappa shape index (κ2) is 7.63. The van der Waals surface area contributed by atoms with Gasteiger partial charge in [0.25, 0.3) is 11.8 Å². The van der Waals surface area contributed by atoms with Gasteiger partial charge in [0.1, 0.15) is 23.3 Å². The molecule has 128 valence electrons. The third-order valence-corrected chi connectivity index (χ3v) is 3.46. The van der Waals surface area contributed by atoms with Crippen LogP contribution in [-0.2, 0) is 0 Å². The fraction of sp³-hybridized carbons (Fsp3) is 0.294. The van der Waals surface area contributed by atoms with E-state index in [1.165, 1.54) is 19.2 Å². The number of amides is 2. The number of aromatic nitrogens is 1. The summed E-state index contributed by atoms with van der Waals surface area (Å²) in [5.41, 5.74) is 0.675. The van der Waals surface area contributed by atoms with Crippen LogP contribution in [0.3, 0.4) is 0 Å². The minimum atomic E-state index is -0.632. The van der Waals surface area contributed by atoms with Crippen LogP contribution in [0.2, 0.25) is 0 Å². The van der Waals surface area contributed by atoms with Crippen molar-refractivity contribution in [2.45, 2.75) is 20.0 Å². The third kappa shape index (κ3) is 3.73. The topological polar surface area (TPSA) is 83.2 Å². The molecule has 0 radical (unpaired) electrons. The zero-order valence-corrected chi connectivity index (χ0v) is 13.8. The number of ether oxygens (including phenoxy) is 1. The molecule has 2 rings (SSSR count). The molecule has 0 spiro atoms. The highest BCUT2D eigenvalue weighted by Gasteiger charge is 2.22. The maximum absolute atomic E-state index is 13.9. The number of carbonyl (C=O) groups excluding carboxylic acids is 2. The Morgan fingerprint density at radius 3 is 2.62 bits per heavy atom. The second-order valence-electron chi connectivity index (χ2n) is 5.14. The Morgan fingerprint density at radius 2 is 2.00 bits per heavy atom. The minimum Gasteiger partial charge on any atom is -0.483 e. The van der Waals surface area contributed by atoms with Gasteiger partial charge in [0, 0.05) is 25.2 Å². The Kier molecular flexibility index (Phi) is 5.57. The molecule has 1 aromatic carbocycles. The molecule has 7 heteroatoms. The number of benzene rings is 1. The Bertz CT molecular complexity index is 742. The predicted octanol–water partition coefficient (Wildman–Crippen LogP) is 2.40. The van der Waals surface area contributed by atoms with Crippen molar-refractivity contribution in [3.8, 4) is 5.75 Å². The quantitative estimate of drug-likeness (QED) is 0.759. The predicted molar refractivity (Wildman–Crippen MR) is 87.6 cm³/mol. The van der Waals surface area contributed by atoms with Crippen molar-refractivity contribution in [2.24, 2.45) is 0 Å². The lowest BCUT2D eigenvalue weighted by Gasteiger charge is -2.15. The summed E-state index contributed by atoms with van der Waals surface area (Å²) in [6.45, 7) is 3.91. The van der Waals surface area contributed by atoms with Crippen molar-refractivity contribution in [1.82, 2.24) is 15.6 Å². The van der Waals surface area contributed by atoms with Crippen LogP contribution in [0.25, 0.3) is 0 Å². The van der Waals surface area contributed by atoms with Gasteiger partial charge in [0.15, 0.2) is 5.75 Å². The van der Waals surface area contributed by atoms with Crippen molar-refractivity contribution in [2.75, 3.05) is 13.6 Å². The molecule has 24 heavy (non-hydrogen) atoms. The number of nitrogens with one attached hydrogen (secondary N) is 3. The van der Waals surface area contributed by atoms with Crippen LogP contribution in [-0.4, -0.2) is 30.4 Å². The molecular weight excluding hydrogens is 313 g/mol. The van der Waals surface area contributed by atoms with Crippen LogP contribution >= 0.6 is 0 Å². The van der Waals surface area contributed by atoms with E-state index in [-0.39, 0.29) is 23.0 Å². The van der Waals surface area contributed by atoms with Crippen LogP contribution in [0.1, 0.15) is 46.5 Å². The average molecular weight is 333 g/mol. The van der Waals surface area contributed by atoms with Crippen LogP contribution in [0, 0.1) is 5.82 Å². The zero-order valence-electron chi connectivity index (χ0n) is 13.8.